The molecule has 0 spiro atoms. The number of ether oxygens (including phenoxy) is 1. The van der Waals surface area contributed by atoms with Crippen LogP contribution in [-0.4, -0.2) is 50.3 Å². The SMILES string of the molecule is CCCN(CC1CCCNC1)CC1CCCCO1. The normalized spacial score (nSPS) is 29.7. The molecule has 18 heavy (non-hydrogen) atoms. The van der Waals surface area contributed by atoms with E-state index in [0.29, 0.717) is 6.10 Å². The van der Waals surface area contributed by atoms with Crippen LogP contribution in [-0.2, 0) is 4.74 Å². The largest absolute Gasteiger partial charge is 0.377 e. The maximum atomic E-state index is 5.89. The minimum Gasteiger partial charge on any atom is -0.377 e. The predicted molar refractivity (Wildman–Crippen MR) is 75.9 cm³/mol. The van der Waals surface area contributed by atoms with Crippen molar-refractivity contribution in [1.82, 2.24) is 10.2 Å². The Hall–Kier alpha value is -0.120. The van der Waals surface area contributed by atoms with Crippen molar-refractivity contribution in [3.8, 4) is 0 Å². The fourth-order valence-electron chi connectivity index (χ4n) is 3.26. The molecule has 2 aliphatic rings. The van der Waals surface area contributed by atoms with Crippen LogP contribution in [0.15, 0.2) is 0 Å². The summed E-state index contributed by atoms with van der Waals surface area (Å²) in [6.45, 7) is 9.35. The van der Waals surface area contributed by atoms with E-state index >= 15 is 0 Å². The lowest BCUT2D eigenvalue weighted by Gasteiger charge is -2.33. The molecular formula is C15H30N2O. The quantitative estimate of drug-likeness (QED) is 0.787. The van der Waals surface area contributed by atoms with Crippen molar-refractivity contribution in [3.63, 3.8) is 0 Å². The highest BCUT2D eigenvalue weighted by Gasteiger charge is 2.21. The second-order valence-corrected chi connectivity index (χ2v) is 5.96. The minimum absolute atomic E-state index is 0.502. The first kappa shape index (κ1) is 14.3. The second kappa shape index (κ2) is 8.13. The lowest BCUT2D eigenvalue weighted by atomic mass is 9.98. The van der Waals surface area contributed by atoms with E-state index in [4.69, 9.17) is 4.74 Å². The van der Waals surface area contributed by atoms with Gasteiger partial charge in [-0.05, 0) is 64.1 Å². The topological polar surface area (TPSA) is 24.5 Å². The molecule has 0 aromatic heterocycles. The molecule has 106 valence electrons. The van der Waals surface area contributed by atoms with Gasteiger partial charge in [0, 0.05) is 19.7 Å². The van der Waals surface area contributed by atoms with Gasteiger partial charge in [-0.25, -0.2) is 0 Å². The first-order valence-electron chi connectivity index (χ1n) is 7.93. The van der Waals surface area contributed by atoms with Crippen molar-refractivity contribution in [3.05, 3.63) is 0 Å². The van der Waals surface area contributed by atoms with Gasteiger partial charge in [0.1, 0.15) is 0 Å². The van der Waals surface area contributed by atoms with Crippen LogP contribution in [0.4, 0.5) is 0 Å². The Bertz CT molecular complexity index is 191. The van der Waals surface area contributed by atoms with E-state index in [0.717, 1.165) is 19.1 Å². The summed E-state index contributed by atoms with van der Waals surface area (Å²) in [5.74, 6) is 0.855. The maximum absolute atomic E-state index is 5.89. The van der Waals surface area contributed by atoms with Crippen LogP contribution in [0.1, 0.15) is 45.4 Å². The molecule has 0 aliphatic carbocycles. The van der Waals surface area contributed by atoms with Crippen molar-refractivity contribution in [2.75, 3.05) is 39.3 Å². The van der Waals surface area contributed by atoms with Crippen molar-refractivity contribution in [2.24, 2.45) is 5.92 Å². The average molecular weight is 254 g/mol. The summed E-state index contributed by atoms with van der Waals surface area (Å²) in [7, 11) is 0. The van der Waals surface area contributed by atoms with Crippen LogP contribution >= 0.6 is 0 Å². The molecule has 2 rings (SSSR count). The van der Waals surface area contributed by atoms with E-state index in [1.807, 2.05) is 0 Å². The van der Waals surface area contributed by atoms with Crippen molar-refractivity contribution in [1.29, 1.82) is 0 Å². The van der Waals surface area contributed by atoms with Crippen molar-refractivity contribution >= 4 is 0 Å². The number of hydrogen-bond donors (Lipinski definition) is 1. The molecule has 0 saturated carbocycles. The highest BCUT2D eigenvalue weighted by Crippen LogP contribution is 2.17. The lowest BCUT2D eigenvalue weighted by Crippen LogP contribution is -2.42. The number of nitrogens with one attached hydrogen (secondary N) is 1. The Kier molecular flexibility index (Phi) is 6.46. The number of piperidine rings is 1. The summed E-state index contributed by atoms with van der Waals surface area (Å²) in [5.41, 5.74) is 0. The summed E-state index contributed by atoms with van der Waals surface area (Å²) >= 11 is 0. The van der Waals surface area contributed by atoms with Crippen LogP contribution < -0.4 is 5.32 Å². The Morgan fingerprint density at radius 2 is 2.11 bits per heavy atom. The van der Waals surface area contributed by atoms with Gasteiger partial charge in [-0.1, -0.05) is 6.92 Å². The molecule has 0 aromatic carbocycles. The Morgan fingerprint density at radius 1 is 1.17 bits per heavy atom. The maximum Gasteiger partial charge on any atom is 0.0702 e. The Labute approximate surface area is 112 Å². The fourth-order valence-corrected chi connectivity index (χ4v) is 3.26. The Morgan fingerprint density at radius 3 is 2.78 bits per heavy atom. The van der Waals surface area contributed by atoms with Crippen LogP contribution in [0.2, 0.25) is 0 Å². The molecule has 0 radical (unpaired) electrons. The molecule has 0 aromatic rings. The highest BCUT2D eigenvalue weighted by molar-refractivity contribution is 4.76. The monoisotopic (exact) mass is 254 g/mol. The van der Waals surface area contributed by atoms with E-state index < -0.39 is 0 Å². The first-order chi connectivity index (χ1) is 8.88. The van der Waals surface area contributed by atoms with Crippen LogP contribution in [0.5, 0.6) is 0 Å². The average Bonchev–Trinajstić information content (AvgIpc) is 2.41. The van der Waals surface area contributed by atoms with Crippen molar-refractivity contribution in [2.45, 2.75) is 51.6 Å². The van der Waals surface area contributed by atoms with E-state index in [-0.39, 0.29) is 0 Å². The van der Waals surface area contributed by atoms with Gasteiger partial charge in [0.05, 0.1) is 6.10 Å². The molecule has 2 unspecified atom stereocenters. The molecule has 1 N–H and O–H groups in total. The van der Waals surface area contributed by atoms with Crippen molar-refractivity contribution < 1.29 is 4.74 Å². The van der Waals surface area contributed by atoms with Gasteiger partial charge in [0.15, 0.2) is 0 Å². The summed E-state index contributed by atoms with van der Waals surface area (Å²) in [6, 6.07) is 0. The smallest absolute Gasteiger partial charge is 0.0702 e. The molecular weight excluding hydrogens is 224 g/mol. The van der Waals surface area contributed by atoms with Gasteiger partial charge in [-0.3, -0.25) is 0 Å². The summed E-state index contributed by atoms with van der Waals surface area (Å²) in [5, 5.41) is 3.53. The zero-order valence-electron chi connectivity index (χ0n) is 12.0. The van der Waals surface area contributed by atoms with E-state index in [1.165, 1.54) is 64.7 Å². The zero-order chi connectivity index (χ0) is 12.6. The molecule has 2 heterocycles. The van der Waals surface area contributed by atoms with Gasteiger partial charge in [-0.15, -0.1) is 0 Å². The fraction of sp³-hybridized carbons (Fsp3) is 1.00. The third-order valence-electron chi connectivity index (χ3n) is 4.19. The minimum atomic E-state index is 0.502. The standard InChI is InChI=1S/C15H30N2O/c1-2-9-17(12-14-6-5-8-16-11-14)13-15-7-3-4-10-18-15/h14-16H,2-13H2,1H3. The van der Waals surface area contributed by atoms with E-state index in [1.54, 1.807) is 0 Å². The number of nitrogens with zero attached hydrogens (tertiary/aromatic N) is 1. The summed E-state index contributed by atoms with van der Waals surface area (Å²) in [6.07, 6.45) is 8.40. The van der Waals surface area contributed by atoms with Gasteiger partial charge >= 0.3 is 0 Å². The summed E-state index contributed by atoms with van der Waals surface area (Å²) < 4.78 is 5.89. The van der Waals surface area contributed by atoms with Crippen LogP contribution in [0.3, 0.4) is 0 Å². The van der Waals surface area contributed by atoms with Crippen LogP contribution in [0.25, 0.3) is 0 Å². The second-order valence-electron chi connectivity index (χ2n) is 5.96. The van der Waals surface area contributed by atoms with E-state index in [2.05, 4.69) is 17.1 Å². The number of rotatable bonds is 6. The Balaban J connectivity index is 1.74. The molecule has 3 nitrogen and oxygen atoms in total. The first-order valence-corrected chi connectivity index (χ1v) is 7.93. The molecule has 3 heteroatoms. The van der Waals surface area contributed by atoms with Gasteiger partial charge in [0.2, 0.25) is 0 Å². The molecule has 2 saturated heterocycles. The number of hydrogen-bond acceptors (Lipinski definition) is 3. The highest BCUT2D eigenvalue weighted by atomic mass is 16.5. The third kappa shape index (κ3) is 4.87. The zero-order valence-corrected chi connectivity index (χ0v) is 12.0. The third-order valence-corrected chi connectivity index (χ3v) is 4.19. The van der Waals surface area contributed by atoms with Gasteiger partial charge < -0.3 is 15.0 Å². The lowest BCUT2D eigenvalue weighted by molar-refractivity contribution is -0.00867. The van der Waals surface area contributed by atoms with E-state index in [9.17, 15) is 0 Å². The predicted octanol–water partition coefficient (Wildman–Crippen LogP) is 2.27. The molecule has 2 atom stereocenters. The molecule has 2 aliphatic heterocycles. The molecule has 0 bridgehead atoms. The van der Waals surface area contributed by atoms with Crippen LogP contribution in [0, 0.1) is 5.92 Å². The van der Waals surface area contributed by atoms with Gasteiger partial charge in [0.25, 0.3) is 0 Å². The molecule has 2 fully saturated rings. The van der Waals surface area contributed by atoms with Gasteiger partial charge in [-0.2, -0.15) is 0 Å². The summed E-state index contributed by atoms with van der Waals surface area (Å²) in [4.78, 5) is 2.65. The molecule has 0 amide bonds.